The number of hydrogen-bond donors (Lipinski definition) is 1. The Morgan fingerprint density at radius 1 is 1.47 bits per heavy atom. The van der Waals surface area contributed by atoms with E-state index in [1.807, 2.05) is 7.11 Å². The fraction of sp³-hybridized carbons (Fsp3) is 1.00. The van der Waals surface area contributed by atoms with Crippen molar-refractivity contribution in [3.05, 3.63) is 0 Å². The Balaban J connectivity index is 1.75. The molecule has 1 aliphatic carbocycles. The quantitative estimate of drug-likeness (QED) is 0.738. The second-order valence-electron chi connectivity index (χ2n) is 5.33. The van der Waals surface area contributed by atoms with Crippen molar-refractivity contribution in [2.75, 3.05) is 39.9 Å². The molecule has 0 bridgehead atoms. The fourth-order valence-corrected chi connectivity index (χ4v) is 2.61. The third-order valence-corrected chi connectivity index (χ3v) is 3.81. The maximum Gasteiger partial charge on any atom is 0.0468 e. The number of rotatable bonds is 5. The molecular weight excluding hydrogens is 188 g/mol. The van der Waals surface area contributed by atoms with Gasteiger partial charge in [0, 0.05) is 45.9 Å². The Morgan fingerprint density at radius 3 is 2.87 bits per heavy atom. The van der Waals surface area contributed by atoms with E-state index >= 15 is 0 Å². The van der Waals surface area contributed by atoms with E-state index in [0.717, 1.165) is 13.2 Å². The number of methoxy groups -OCH3 is 1. The van der Waals surface area contributed by atoms with E-state index in [0.29, 0.717) is 11.5 Å². The molecule has 88 valence electrons. The number of nitrogens with zero attached hydrogens (tertiary/aromatic N) is 1. The Kier molecular flexibility index (Phi) is 3.65. The van der Waals surface area contributed by atoms with Crippen LogP contribution in [0.5, 0.6) is 0 Å². The first-order chi connectivity index (χ1) is 7.24. The van der Waals surface area contributed by atoms with Crippen LogP contribution in [-0.4, -0.2) is 50.8 Å². The van der Waals surface area contributed by atoms with Crippen molar-refractivity contribution in [1.82, 2.24) is 10.2 Å². The third kappa shape index (κ3) is 3.16. The van der Waals surface area contributed by atoms with Gasteiger partial charge in [-0.2, -0.15) is 0 Å². The number of piperazine rings is 1. The highest BCUT2D eigenvalue weighted by Gasteiger charge is 2.43. The Bertz CT molecular complexity index is 204. The lowest BCUT2D eigenvalue weighted by Crippen LogP contribution is -2.50. The van der Waals surface area contributed by atoms with Crippen LogP contribution in [0.3, 0.4) is 0 Å². The normalized spacial score (nSPS) is 30.4. The van der Waals surface area contributed by atoms with Crippen LogP contribution in [0.15, 0.2) is 0 Å². The molecule has 2 aliphatic rings. The molecule has 1 saturated heterocycles. The highest BCUT2D eigenvalue weighted by molar-refractivity contribution is 4.96. The Hall–Kier alpha value is -0.120. The van der Waals surface area contributed by atoms with E-state index in [2.05, 4.69) is 17.1 Å². The summed E-state index contributed by atoms with van der Waals surface area (Å²) in [7, 11) is 1.81. The Labute approximate surface area is 93.2 Å². The van der Waals surface area contributed by atoms with Crippen LogP contribution in [0.25, 0.3) is 0 Å². The summed E-state index contributed by atoms with van der Waals surface area (Å²) >= 11 is 0. The van der Waals surface area contributed by atoms with Gasteiger partial charge in [0.2, 0.25) is 0 Å². The molecular formula is C12H24N2O. The predicted octanol–water partition coefficient (Wildman–Crippen LogP) is 1.10. The largest absolute Gasteiger partial charge is 0.385 e. The molecule has 0 spiro atoms. The van der Waals surface area contributed by atoms with Gasteiger partial charge in [-0.1, -0.05) is 0 Å². The molecule has 1 saturated carbocycles. The second kappa shape index (κ2) is 4.81. The summed E-state index contributed by atoms with van der Waals surface area (Å²) in [5, 5.41) is 3.49. The number of hydrogen-bond acceptors (Lipinski definition) is 3. The van der Waals surface area contributed by atoms with Gasteiger partial charge in [0.15, 0.2) is 0 Å². The van der Waals surface area contributed by atoms with Crippen molar-refractivity contribution in [2.24, 2.45) is 5.41 Å². The molecule has 2 fully saturated rings. The summed E-state index contributed by atoms with van der Waals surface area (Å²) in [5.41, 5.74) is 0.618. The summed E-state index contributed by atoms with van der Waals surface area (Å²) in [6, 6.07) is 0.664. The molecule has 0 aromatic carbocycles. The molecule has 0 aromatic heterocycles. The van der Waals surface area contributed by atoms with Crippen LogP contribution in [-0.2, 0) is 4.74 Å². The molecule has 15 heavy (non-hydrogen) atoms. The van der Waals surface area contributed by atoms with Crippen LogP contribution >= 0.6 is 0 Å². The average Bonchev–Trinajstić information content (AvgIpc) is 2.96. The van der Waals surface area contributed by atoms with E-state index < -0.39 is 0 Å². The van der Waals surface area contributed by atoms with Gasteiger partial charge < -0.3 is 10.1 Å². The minimum atomic E-state index is 0.618. The first-order valence-electron chi connectivity index (χ1n) is 6.19. The van der Waals surface area contributed by atoms with Crippen molar-refractivity contribution in [1.29, 1.82) is 0 Å². The lowest BCUT2D eigenvalue weighted by Gasteiger charge is -2.34. The summed E-state index contributed by atoms with van der Waals surface area (Å²) in [5.74, 6) is 0. The maximum absolute atomic E-state index is 5.20. The van der Waals surface area contributed by atoms with Crippen LogP contribution in [0.4, 0.5) is 0 Å². The van der Waals surface area contributed by atoms with Gasteiger partial charge in [0.1, 0.15) is 0 Å². The van der Waals surface area contributed by atoms with Gasteiger partial charge >= 0.3 is 0 Å². The smallest absolute Gasteiger partial charge is 0.0468 e. The highest BCUT2D eigenvalue weighted by Crippen LogP contribution is 2.49. The van der Waals surface area contributed by atoms with Gasteiger partial charge in [-0.05, 0) is 31.6 Å². The van der Waals surface area contributed by atoms with Crippen LogP contribution in [0.2, 0.25) is 0 Å². The van der Waals surface area contributed by atoms with Crippen molar-refractivity contribution in [3.8, 4) is 0 Å². The minimum absolute atomic E-state index is 0.618. The maximum atomic E-state index is 5.20. The van der Waals surface area contributed by atoms with E-state index in [9.17, 15) is 0 Å². The minimum Gasteiger partial charge on any atom is -0.385 e. The monoisotopic (exact) mass is 212 g/mol. The van der Waals surface area contributed by atoms with Gasteiger partial charge in [0.05, 0.1) is 0 Å². The topological polar surface area (TPSA) is 24.5 Å². The zero-order valence-corrected chi connectivity index (χ0v) is 10.1. The van der Waals surface area contributed by atoms with Crippen LogP contribution in [0, 0.1) is 5.41 Å². The standard InChI is InChI=1S/C12H24N2O/c1-11-9-14(7-6-13-11)10-12(3-4-12)5-8-15-2/h11,13H,3-10H2,1-2H3. The highest BCUT2D eigenvalue weighted by atomic mass is 16.5. The summed E-state index contributed by atoms with van der Waals surface area (Å²) in [6.45, 7) is 8.10. The molecule has 0 radical (unpaired) electrons. The van der Waals surface area contributed by atoms with E-state index in [1.165, 1.54) is 38.9 Å². The van der Waals surface area contributed by atoms with Gasteiger partial charge in [-0.15, -0.1) is 0 Å². The zero-order valence-electron chi connectivity index (χ0n) is 10.1. The average molecular weight is 212 g/mol. The predicted molar refractivity (Wildman–Crippen MR) is 62.1 cm³/mol. The molecule has 0 aromatic rings. The third-order valence-electron chi connectivity index (χ3n) is 3.81. The molecule has 3 heteroatoms. The molecule has 0 amide bonds. The van der Waals surface area contributed by atoms with Gasteiger partial charge in [-0.3, -0.25) is 4.90 Å². The van der Waals surface area contributed by atoms with Gasteiger partial charge in [-0.25, -0.2) is 0 Å². The molecule has 1 N–H and O–H groups in total. The number of ether oxygens (including phenoxy) is 1. The van der Waals surface area contributed by atoms with Crippen molar-refractivity contribution >= 4 is 0 Å². The molecule has 3 nitrogen and oxygen atoms in total. The first kappa shape index (κ1) is 11.4. The molecule has 1 atom stereocenters. The summed E-state index contributed by atoms with van der Waals surface area (Å²) in [6.07, 6.45) is 4.07. The molecule has 1 aliphatic heterocycles. The summed E-state index contributed by atoms with van der Waals surface area (Å²) in [4.78, 5) is 2.63. The van der Waals surface area contributed by atoms with E-state index in [-0.39, 0.29) is 0 Å². The lowest BCUT2D eigenvalue weighted by atomic mass is 10.0. The lowest BCUT2D eigenvalue weighted by molar-refractivity contribution is 0.131. The van der Waals surface area contributed by atoms with Crippen molar-refractivity contribution in [2.45, 2.75) is 32.2 Å². The molecule has 2 rings (SSSR count). The molecule has 1 heterocycles. The summed E-state index contributed by atoms with van der Waals surface area (Å²) < 4.78 is 5.20. The van der Waals surface area contributed by atoms with Crippen molar-refractivity contribution < 1.29 is 4.74 Å². The van der Waals surface area contributed by atoms with Gasteiger partial charge in [0.25, 0.3) is 0 Å². The Morgan fingerprint density at radius 2 is 2.27 bits per heavy atom. The van der Waals surface area contributed by atoms with E-state index in [1.54, 1.807) is 0 Å². The van der Waals surface area contributed by atoms with E-state index in [4.69, 9.17) is 4.74 Å². The molecule has 1 unspecified atom stereocenters. The SMILES string of the molecule is COCCC1(CN2CCNC(C)C2)CC1. The van der Waals surface area contributed by atoms with Crippen LogP contribution < -0.4 is 5.32 Å². The zero-order chi connectivity index (χ0) is 10.7. The number of nitrogens with one attached hydrogen (secondary N) is 1. The van der Waals surface area contributed by atoms with Crippen LogP contribution in [0.1, 0.15) is 26.2 Å². The fourth-order valence-electron chi connectivity index (χ4n) is 2.61. The second-order valence-corrected chi connectivity index (χ2v) is 5.33. The van der Waals surface area contributed by atoms with Crippen molar-refractivity contribution in [3.63, 3.8) is 0 Å². The first-order valence-corrected chi connectivity index (χ1v) is 6.19.